The van der Waals surface area contributed by atoms with Crippen LogP contribution in [-0.2, 0) is 0 Å². The highest BCUT2D eigenvalue weighted by atomic mass is 28.3. The lowest BCUT2D eigenvalue weighted by Gasteiger charge is -2.17. The van der Waals surface area contributed by atoms with E-state index in [9.17, 15) is 0 Å². The van der Waals surface area contributed by atoms with Gasteiger partial charge in [0.2, 0.25) is 0 Å². The van der Waals surface area contributed by atoms with Crippen molar-refractivity contribution in [2.75, 3.05) is 0 Å². The highest BCUT2D eigenvalue weighted by molar-refractivity contribution is 6.84. The maximum atomic E-state index is 3.55. The Labute approximate surface area is 133 Å². The van der Waals surface area contributed by atoms with Crippen molar-refractivity contribution in [3.05, 3.63) is 41.1 Å². The maximum Gasteiger partial charge on any atom is 0.129 e. The Morgan fingerprint density at radius 3 is 2.05 bits per heavy atom. The summed E-state index contributed by atoms with van der Waals surface area (Å²) in [6, 6.07) is 8.75. The summed E-state index contributed by atoms with van der Waals surface area (Å²) in [6.07, 6.45) is 0. The normalized spacial score (nSPS) is 13.1. The summed E-state index contributed by atoms with van der Waals surface area (Å²) in [7, 11) is -2.67. The molecule has 0 saturated heterocycles. The second kappa shape index (κ2) is 6.81. The standard InChI is InChI=1S/C19H30Si2/c1-16(2)18-11-9-10-12-19(18)17(15-21(6,7)8)13-14-20(3,4)5/h9-12,15-16H,1-8H3/b17-15+. The zero-order valence-electron chi connectivity index (χ0n) is 15.0. The zero-order chi connectivity index (χ0) is 16.3. The van der Waals surface area contributed by atoms with Gasteiger partial charge < -0.3 is 0 Å². The van der Waals surface area contributed by atoms with E-state index in [1.807, 2.05) is 0 Å². The van der Waals surface area contributed by atoms with Gasteiger partial charge in [-0.1, -0.05) is 89.0 Å². The predicted molar refractivity (Wildman–Crippen MR) is 103 cm³/mol. The third kappa shape index (κ3) is 6.50. The monoisotopic (exact) mass is 314 g/mol. The Morgan fingerprint density at radius 2 is 1.57 bits per heavy atom. The first-order chi connectivity index (χ1) is 9.49. The van der Waals surface area contributed by atoms with Crippen molar-refractivity contribution in [3.8, 4) is 11.5 Å². The highest BCUT2D eigenvalue weighted by Crippen LogP contribution is 2.27. The van der Waals surface area contributed by atoms with Crippen molar-refractivity contribution >= 4 is 21.7 Å². The van der Waals surface area contributed by atoms with Crippen LogP contribution in [0.1, 0.15) is 30.9 Å². The van der Waals surface area contributed by atoms with Crippen LogP contribution in [0.25, 0.3) is 5.57 Å². The smallest absolute Gasteiger partial charge is 0.127 e. The van der Waals surface area contributed by atoms with Crippen molar-refractivity contribution in [2.24, 2.45) is 0 Å². The predicted octanol–water partition coefficient (Wildman–Crippen LogP) is 5.95. The summed E-state index contributed by atoms with van der Waals surface area (Å²) in [5.41, 5.74) is 10.0. The summed E-state index contributed by atoms with van der Waals surface area (Å²) >= 11 is 0. The van der Waals surface area contributed by atoms with Gasteiger partial charge in [0.25, 0.3) is 0 Å². The van der Waals surface area contributed by atoms with Gasteiger partial charge in [0.1, 0.15) is 8.07 Å². The third-order valence-corrected chi connectivity index (χ3v) is 5.05. The Kier molecular flexibility index (Phi) is 5.84. The van der Waals surface area contributed by atoms with Gasteiger partial charge >= 0.3 is 0 Å². The molecule has 0 unspecified atom stereocenters. The van der Waals surface area contributed by atoms with Gasteiger partial charge in [0.15, 0.2) is 0 Å². The van der Waals surface area contributed by atoms with Crippen LogP contribution in [0.3, 0.4) is 0 Å². The fraction of sp³-hybridized carbons (Fsp3) is 0.474. The molecule has 1 aromatic carbocycles. The van der Waals surface area contributed by atoms with Crippen LogP contribution >= 0.6 is 0 Å². The van der Waals surface area contributed by atoms with Crippen LogP contribution in [0, 0.1) is 11.5 Å². The molecular formula is C19H30Si2. The highest BCUT2D eigenvalue weighted by Gasteiger charge is 2.15. The van der Waals surface area contributed by atoms with Gasteiger partial charge in [-0.3, -0.25) is 0 Å². The molecule has 0 heterocycles. The molecule has 0 nitrogen and oxygen atoms in total. The van der Waals surface area contributed by atoms with E-state index in [4.69, 9.17) is 0 Å². The van der Waals surface area contributed by atoms with Gasteiger partial charge in [0.05, 0.1) is 8.07 Å². The molecule has 0 aliphatic carbocycles. The zero-order valence-corrected chi connectivity index (χ0v) is 17.0. The van der Waals surface area contributed by atoms with Crippen molar-refractivity contribution in [2.45, 2.75) is 59.0 Å². The average Bonchev–Trinajstić information content (AvgIpc) is 2.32. The fourth-order valence-electron chi connectivity index (χ4n) is 2.11. The van der Waals surface area contributed by atoms with Crippen LogP contribution in [0.15, 0.2) is 30.0 Å². The number of hydrogen-bond donors (Lipinski definition) is 0. The molecule has 0 saturated carbocycles. The third-order valence-electron chi connectivity index (χ3n) is 3.02. The number of benzene rings is 1. The van der Waals surface area contributed by atoms with E-state index in [0.717, 1.165) is 0 Å². The summed E-state index contributed by atoms with van der Waals surface area (Å²) < 4.78 is 0. The van der Waals surface area contributed by atoms with E-state index in [1.54, 1.807) is 0 Å². The fourth-order valence-corrected chi connectivity index (χ4v) is 3.72. The maximum absolute atomic E-state index is 3.55. The topological polar surface area (TPSA) is 0 Å². The van der Waals surface area contributed by atoms with Gasteiger partial charge in [-0.25, -0.2) is 0 Å². The number of allylic oxidation sites excluding steroid dienone is 1. The van der Waals surface area contributed by atoms with Crippen molar-refractivity contribution < 1.29 is 0 Å². The first kappa shape index (κ1) is 18.0. The molecule has 21 heavy (non-hydrogen) atoms. The van der Waals surface area contributed by atoms with Gasteiger partial charge in [-0.05, 0) is 17.0 Å². The van der Waals surface area contributed by atoms with E-state index in [1.165, 1.54) is 16.7 Å². The van der Waals surface area contributed by atoms with Crippen LogP contribution < -0.4 is 0 Å². The average molecular weight is 315 g/mol. The molecule has 0 aliphatic rings. The number of rotatable bonds is 3. The van der Waals surface area contributed by atoms with Crippen LogP contribution in [0.5, 0.6) is 0 Å². The van der Waals surface area contributed by atoms with Crippen molar-refractivity contribution in [1.29, 1.82) is 0 Å². The Bertz CT molecular complexity index is 570. The molecule has 1 rings (SSSR count). The summed E-state index contributed by atoms with van der Waals surface area (Å²) in [4.78, 5) is 0. The van der Waals surface area contributed by atoms with Crippen molar-refractivity contribution in [1.82, 2.24) is 0 Å². The summed E-state index contributed by atoms with van der Waals surface area (Å²) in [6.45, 7) is 18.6. The first-order valence-corrected chi connectivity index (χ1v) is 14.9. The molecule has 1 aromatic rings. The van der Waals surface area contributed by atoms with E-state index < -0.39 is 16.1 Å². The minimum absolute atomic E-state index is 0.528. The van der Waals surface area contributed by atoms with E-state index in [0.29, 0.717) is 5.92 Å². The summed E-state index contributed by atoms with van der Waals surface area (Å²) in [5.74, 6) is 4.06. The van der Waals surface area contributed by atoms with E-state index in [2.05, 4.69) is 94.6 Å². The Balaban J connectivity index is 3.45. The van der Waals surface area contributed by atoms with E-state index in [-0.39, 0.29) is 0 Å². The molecule has 0 amide bonds. The van der Waals surface area contributed by atoms with Crippen molar-refractivity contribution in [3.63, 3.8) is 0 Å². The molecule has 114 valence electrons. The lowest BCUT2D eigenvalue weighted by Crippen LogP contribution is -2.18. The second-order valence-electron chi connectivity index (χ2n) is 8.17. The molecule has 0 spiro atoms. The molecular weight excluding hydrogens is 284 g/mol. The molecule has 0 bridgehead atoms. The molecule has 0 N–H and O–H groups in total. The number of hydrogen-bond acceptors (Lipinski definition) is 0. The molecule has 0 radical (unpaired) electrons. The Morgan fingerprint density at radius 1 is 1.00 bits per heavy atom. The van der Waals surface area contributed by atoms with Crippen LogP contribution in [0.4, 0.5) is 0 Å². The molecule has 0 atom stereocenters. The quantitative estimate of drug-likeness (QED) is 0.477. The molecule has 0 aromatic heterocycles. The van der Waals surface area contributed by atoms with E-state index >= 15 is 0 Å². The minimum Gasteiger partial charge on any atom is -0.127 e. The summed E-state index contributed by atoms with van der Waals surface area (Å²) in [5, 5.41) is 0. The largest absolute Gasteiger partial charge is 0.129 e. The SMILES string of the molecule is CC(C)c1ccccc1/C(C#C[Si](C)(C)C)=C/[Si](C)(C)C. The van der Waals surface area contributed by atoms with Crippen LogP contribution in [-0.4, -0.2) is 16.1 Å². The molecule has 0 fully saturated rings. The Hall–Kier alpha value is -1.05. The van der Waals surface area contributed by atoms with Gasteiger partial charge in [0, 0.05) is 5.57 Å². The van der Waals surface area contributed by atoms with Gasteiger partial charge in [-0.15, -0.1) is 5.54 Å². The van der Waals surface area contributed by atoms with Gasteiger partial charge in [-0.2, -0.15) is 0 Å². The molecule has 2 heteroatoms. The first-order valence-electron chi connectivity index (χ1n) is 7.85. The minimum atomic E-state index is -1.36. The van der Waals surface area contributed by atoms with Crippen LogP contribution in [0.2, 0.25) is 39.3 Å². The molecule has 0 aliphatic heterocycles. The lowest BCUT2D eigenvalue weighted by molar-refractivity contribution is 0.863. The lowest BCUT2D eigenvalue weighted by atomic mass is 9.93. The second-order valence-corrected chi connectivity index (χ2v) is 17.9.